The van der Waals surface area contributed by atoms with Crippen LogP contribution in [0.4, 0.5) is 5.69 Å². The van der Waals surface area contributed by atoms with Crippen LogP contribution >= 0.6 is 7.60 Å². The van der Waals surface area contributed by atoms with E-state index in [1.54, 1.807) is 17.0 Å². The summed E-state index contributed by atoms with van der Waals surface area (Å²) in [5, 5.41) is 11.2. The van der Waals surface area contributed by atoms with Gasteiger partial charge in [0, 0.05) is 89.5 Å². The van der Waals surface area contributed by atoms with Crippen molar-refractivity contribution in [2.24, 2.45) is 0 Å². The van der Waals surface area contributed by atoms with Gasteiger partial charge in [0.25, 0.3) is 5.91 Å². The summed E-state index contributed by atoms with van der Waals surface area (Å²) in [6, 6.07) is 9.37. The van der Waals surface area contributed by atoms with Crippen molar-refractivity contribution in [3.63, 3.8) is 0 Å². The molecule has 1 amide bonds. The summed E-state index contributed by atoms with van der Waals surface area (Å²) in [6.45, 7) is 9.05. The molecule has 0 radical (unpaired) electrons. The minimum Gasteiger partial charge on any atom is -0.775 e. The smallest absolute Gasteiger partial charge is 0.303 e. The fourth-order valence-electron chi connectivity index (χ4n) is 9.40. The van der Waals surface area contributed by atoms with Gasteiger partial charge in [0.05, 0.1) is 12.2 Å². The molecule has 0 fully saturated rings. The molecule has 3 aromatic rings. The molecular formula is C42H50N3O7P. The zero-order valence-electron chi connectivity index (χ0n) is 31.0. The zero-order chi connectivity index (χ0) is 36.9. The van der Waals surface area contributed by atoms with Crippen molar-refractivity contribution in [1.29, 1.82) is 0 Å². The quantitative estimate of drug-likeness (QED) is 0.129. The number of carboxylic acids is 1. The van der Waals surface area contributed by atoms with E-state index in [9.17, 15) is 19.0 Å². The Labute approximate surface area is 311 Å². The Bertz CT molecular complexity index is 2170. The lowest BCUT2D eigenvalue weighted by molar-refractivity contribution is -0.194. The first-order valence-electron chi connectivity index (χ1n) is 19.7. The number of unbranched alkanes of at least 4 members (excludes halogenated alkanes) is 2. The van der Waals surface area contributed by atoms with Crippen molar-refractivity contribution in [3.8, 4) is 11.5 Å². The van der Waals surface area contributed by atoms with Crippen LogP contribution in [-0.2, 0) is 39.6 Å². The Hall–Kier alpha value is -3.98. The van der Waals surface area contributed by atoms with Crippen molar-refractivity contribution in [3.05, 3.63) is 79.9 Å². The standard InChI is InChI=1S/C42H50N3O7P/c1-3-43(4-2)42(48)30-18-17-29(53(49,50)51-23-7-5-6-16-36(46)47)26-33(30)37-34-24-27-12-8-19-44-21-10-14-31(38(27)44)40(34)52-41-32-15-11-22-45-20-9-13-28(39(32)45)25-35(37)41/h17-18,24-26H,3-16,19-23H2,1-2H3,(H-,46,47,49,50). The van der Waals surface area contributed by atoms with Crippen LogP contribution in [0.1, 0.15) is 109 Å². The van der Waals surface area contributed by atoms with Crippen molar-refractivity contribution in [2.45, 2.75) is 90.9 Å². The van der Waals surface area contributed by atoms with Gasteiger partial charge in [0.1, 0.15) is 24.6 Å². The molecule has 1 unspecified atom stereocenters. The van der Waals surface area contributed by atoms with Gasteiger partial charge in [-0.15, -0.1) is 0 Å². The number of aliphatic carboxylic acids is 1. The number of carboxylic acid groups (broad SMARTS) is 1. The van der Waals surface area contributed by atoms with Crippen molar-refractivity contribution < 1.29 is 33.4 Å². The molecule has 0 aromatic heterocycles. The van der Waals surface area contributed by atoms with Gasteiger partial charge in [-0.05, 0) is 107 Å². The maximum Gasteiger partial charge on any atom is 0.303 e. The molecule has 10 nitrogen and oxygen atoms in total. The lowest BCUT2D eigenvalue weighted by atomic mass is 9.81. The number of aryl methyl sites for hydroxylation is 2. The van der Waals surface area contributed by atoms with E-state index in [1.165, 1.54) is 39.4 Å². The monoisotopic (exact) mass is 739 g/mol. The molecule has 11 heteroatoms. The summed E-state index contributed by atoms with van der Waals surface area (Å²) in [6.07, 6.45) is 9.40. The third kappa shape index (κ3) is 6.51. The summed E-state index contributed by atoms with van der Waals surface area (Å²) in [5.74, 6) is 0.674. The molecule has 0 bridgehead atoms. The topological polar surface area (TPSA) is 122 Å². The van der Waals surface area contributed by atoms with Crippen LogP contribution < -0.4 is 35.0 Å². The third-order valence-electron chi connectivity index (χ3n) is 11.9. The number of rotatable bonds is 12. The first-order valence-corrected chi connectivity index (χ1v) is 21.3. The van der Waals surface area contributed by atoms with E-state index < -0.39 is 13.6 Å². The van der Waals surface area contributed by atoms with Gasteiger partial charge in [-0.3, -0.25) is 9.59 Å². The number of benzene rings is 3. The van der Waals surface area contributed by atoms with Crippen molar-refractivity contribution in [2.75, 3.05) is 50.8 Å². The predicted molar refractivity (Wildman–Crippen MR) is 203 cm³/mol. The fraction of sp³-hybridized carbons (Fsp3) is 0.500. The first kappa shape index (κ1) is 36.0. The van der Waals surface area contributed by atoms with Crippen LogP contribution in [-0.4, -0.2) is 67.8 Å². The van der Waals surface area contributed by atoms with Gasteiger partial charge in [0.15, 0.2) is 7.60 Å². The highest BCUT2D eigenvalue weighted by Crippen LogP contribution is 2.49. The summed E-state index contributed by atoms with van der Waals surface area (Å²) in [7, 11) is -4.56. The minimum absolute atomic E-state index is 0.0205. The van der Waals surface area contributed by atoms with E-state index in [1.807, 2.05) is 13.8 Å². The van der Waals surface area contributed by atoms with Gasteiger partial charge in [0.2, 0.25) is 5.36 Å². The van der Waals surface area contributed by atoms with Gasteiger partial charge < -0.3 is 33.6 Å². The van der Waals surface area contributed by atoms with Crippen LogP contribution in [0.25, 0.3) is 5.57 Å². The number of hydrogen-bond acceptors (Lipinski definition) is 7. The first-order chi connectivity index (χ1) is 25.7. The van der Waals surface area contributed by atoms with E-state index in [-0.39, 0.29) is 24.2 Å². The lowest BCUT2D eigenvalue weighted by Crippen LogP contribution is -2.45. The number of hydrogen-bond donors (Lipinski definition) is 1. The highest BCUT2D eigenvalue weighted by atomic mass is 31.2. The number of fused-ring (bicyclic) bond motifs is 4. The molecule has 0 saturated carbocycles. The lowest BCUT2D eigenvalue weighted by Gasteiger charge is -2.39. The largest absolute Gasteiger partial charge is 0.775 e. The van der Waals surface area contributed by atoms with Crippen molar-refractivity contribution >= 4 is 36.0 Å². The molecule has 3 aromatic carbocycles. The normalized spacial score (nSPS) is 17.9. The van der Waals surface area contributed by atoms with Crippen LogP contribution in [0.15, 0.2) is 30.3 Å². The molecule has 280 valence electrons. The number of carbonyl (C=O) groups is 2. The average molecular weight is 740 g/mol. The van der Waals surface area contributed by atoms with Crippen molar-refractivity contribution in [1.82, 2.24) is 9.48 Å². The second-order valence-corrected chi connectivity index (χ2v) is 16.9. The van der Waals surface area contributed by atoms with E-state index in [0.717, 1.165) is 105 Å². The minimum atomic E-state index is -4.56. The molecular weight excluding hydrogens is 689 g/mol. The molecule has 53 heavy (non-hydrogen) atoms. The number of anilines is 1. The third-order valence-corrected chi connectivity index (χ3v) is 13.3. The van der Waals surface area contributed by atoms with Gasteiger partial charge in [-0.1, -0.05) is 6.42 Å². The highest BCUT2D eigenvalue weighted by molar-refractivity contribution is 7.59. The Kier molecular flexibility index (Phi) is 9.98. The van der Waals surface area contributed by atoms with E-state index in [4.69, 9.17) is 14.4 Å². The molecule has 1 atom stereocenters. The van der Waals surface area contributed by atoms with Gasteiger partial charge in [-0.25, -0.2) is 4.58 Å². The molecule has 5 aliphatic heterocycles. The second-order valence-electron chi connectivity index (χ2n) is 15.1. The Morgan fingerprint density at radius 2 is 1.64 bits per heavy atom. The molecule has 5 aliphatic rings. The van der Waals surface area contributed by atoms with Crippen LogP contribution in [0, 0.1) is 0 Å². The zero-order valence-corrected chi connectivity index (χ0v) is 31.9. The Morgan fingerprint density at radius 1 is 0.906 bits per heavy atom. The molecule has 5 heterocycles. The number of carbonyl (C=O) groups excluding carboxylic acids is 1. The number of ether oxygens (including phenoxy) is 1. The maximum absolute atomic E-state index is 14.4. The van der Waals surface area contributed by atoms with Crippen LogP contribution in [0.2, 0.25) is 0 Å². The number of nitrogens with zero attached hydrogens (tertiary/aromatic N) is 3. The van der Waals surface area contributed by atoms with Crippen LogP contribution in [0.5, 0.6) is 11.5 Å². The predicted octanol–water partition coefficient (Wildman–Crippen LogP) is 4.44. The maximum atomic E-state index is 14.4. The second kappa shape index (κ2) is 14.7. The van der Waals surface area contributed by atoms with E-state index in [2.05, 4.69) is 21.6 Å². The molecule has 0 spiro atoms. The summed E-state index contributed by atoms with van der Waals surface area (Å²) < 4.78 is 29.2. The van der Waals surface area contributed by atoms with Gasteiger partial charge >= 0.3 is 5.97 Å². The number of amides is 1. The fourth-order valence-corrected chi connectivity index (χ4v) is 10.5. The summed E-state index contributed by atoms with van der Waals surface area (Å²) in [4.78, 5) is 43.5. The summed E-state index contributed by atoms with van der Waals surface area (Å²) in [5.41, 5.74) is 9.13. The highest BCUT2D eigenvalue weighted by Gasteiger charge is 2.37. The van der Waals surface area contributed by atoms with E-state index >= 15 is 0 Å². The SMILES string of the molecule is CCN(CC)C(=O)c1ccc(P(=O)([O-])OCCCCCC(=O)O)cc1C1=c2cc3c4c(c2Oc2c1cc1c5c2CCCN5CCC1)CCC[N+]=4CCC3. The summed E-state index contributed by atoms with van der Waals surface area (Å²) >= 11 is 0. The molecule has 0 aliphatic carbocycles. The average Bonchev–Trinajstić information content (AvgIpc) is 3.16. The molecule has 8 rings (SSSR count). The van der Waals surface area contributed by atoms with E-state index in [0.29, 0.717) is 43.5 Å². The Morgan fingerprint density at radius 3 is 2.42 bits per heavy atom. The Balaban J connectivity index is 1.37. The molecule has 1 N–H and O–H groups in total. The molecule has 0 saturated heterocycles. The van der Waals surface area contributed by atoms with Gasteiger partial charge in [-0.2, -0.15) is 0 Å². The van der Waals surface area contributed by atoms with Crippen LogP contribution in [0.3, 0.4) is 0 Å².